The first-order valence-corrected chi connectivity index (χ1v) is 5.42. The summed E-state index contributed by atoms with van der Waals surface area (Å²) in [5, 5.41) is 9.08. The zero-order valence-corrected chi connectivity index (χ0v) is 9.14. The molecule has 0 unspecified atom stereocenters. The van der Waals surface area contributed by atoms with Gasteiger partial charge >= 0.3 is 6.18 Å². The molecule has 2 aromatic rings. The van der Waals surface area contributed by atoms with E-state index in [2.05, 4.69) is 4.98 Å². The van der Waals surface area contributed by atoms with Crippen LogP contribution in [-0.4, -0.2) is 4.98 Å². The quantitative estimate of drug-likeness (QED) is 0.778. The second-order valence-electron chi connectivity index (χ2n) is 3.22. The molecule has 1 aromatic carbocycles. The van der Waals surface area contributed by atoms with Crippen molar-refractivity contribution in [2.45, 2.75) is 6.18 Å². The third-order valence-corrected chi connectivity index (χ3v) is 2.94. The number of hydrogen-bond donors (Lipinski definition) is 0. The monoisotopic (exact) mass is 254 g/mol. The summed E-state index contributed by atoms with van der Waals surface area (Å²) >= 11 is 0.560. The maximum atomic E-state index is 12.3. The Hall–Kier alpha value is -1.87. The lowest BCUT2D eigenvalue weighted by Crippen LogP contribution is -2.03. The van der Waals surface area contributed by atoms with Gasteiger partial charge in [-0.25, -0.2) is 4.98 Å². The minimum atomic E-state index is -4.41. The zero-order valence-electron chi connectivity index (χ0n) is 8.32. The molecule has 1 aromatic heterocycles. The fourth-order valence-electron chi connectivity index (χ4n) is 1.25. The van der Waals surface area contributed by atoms with Crippen molar-refractivity contribution in [3.05, 3.63) is 40.2 Å². The summed E-state index contributed by atoms with van der Waals surface area (Å²) < 4.78 is 37.0. The molecule has 0 fully saturated rings. The van der Waals surface area contributed by atoms with Crippen LogP contribution in [0.4, 0.5) is 13.2 Å². The Bertz CT molecular complexity index is 564. The van der Waals surface area contributed by atoms with E-state index >= 15 is 0 Å². The number of rotatable bonds is 1. The molecule has 86 valence electrons. The third-order valence-electron chi connectivity index (χ3n) is 2.06. The number of nitriles is 1. The van der Waals surface area contributed by atoms with Crippen LogP contribution >= 0.6 is 11.3 Å². The maximum Gasteiger partial charge on any atom is 0.443 e. The molecule has 6 heteroatoms. The van der Waals surface area contributed by atoms with E-state index in [4.69, 9.17) is 5.26 Å². The van der Waals surface area contributed by atoms with E-state index in [1.54, 1.807) is 24.3 Å². The van der Waals surface area contributed by atoms with Gasteiger partial charge in [0.1, 0.15) is 0 Å². The van der Waals surface area contributed by atoms with Gasteiger partial charge in [-0.2, -0.15) is 18.4 Å². The van der Waals surface area contributed by atoms with Crippen molar-refractivity contribution >= 4 is 11.3 Å². The highest BCUT2D eigenvalue weighted by Crippen LogP contribution is 2.34. The normalized spacial score (nSPS) is 11.2. The summed E-state index contributed by atoms with van der Waals surface area (Å²) in [5.41, 5.74) is 1.29. The van der Waals surface area contributed by atoms with Crippen molar-refractivity contribution in [1.29, 1.82) is 5.26 Å². The van der Waals surface area contributed by atoms with E-state index < -0.39 is 11.2 Å². The van der Waals surface area contributed by atoms with Crippen molar-refractivity contribution in [2.75, 3.05) is 0 Å². The predicted molar refractivity (Wildman–Crippen MR) is 57.3 cm³/mol. The molecule has 0 aliphatic rings. The van der Waals surface area contributed by atoms with Gasteiger partial charge in [0.15, 0.2) is 5.01 Å². The van der Waals surface area contributed by atoms with Gasteiger partial charge in [0.2, 0.25) is 0 Å². The standard InChI is InChI=1S/C11H5F3N2S/c12-11(13,14)10-16-9(6-17-10)8-3-1-7(5-15)2-4-8/h1-4,6H. The van der Waals surface area contributed by atoms with E-state index in [-0.39, 0.29) is 5.69 Å². The number of benzene rings is 1. The summed E-state index contributed by atoms with van der Waals surface area (Å²) in [4.78, 5) is 3.52. The lowest BCUT2D eigenvalue weighted by molar-refractivity contribution is -0.137. The van der Waals surface area contributed by atoms with Gasteiger partial charge in [0, 0.05) is 10.9 Å². The highest BCUT2D eigenvalue weighted by molar-refractivity contribution is 7.10. The summed E-state index contributed by atoms with van der Waals surface area (Å²) in [7, 11) is 0. The maximum absolute atomic E-state index is 12.3. The summed E-state index contributed by atoms with van der Waals surface area (Å²) in [6.07, 6.45) is -4.41. The van der Waals surface area contributed by atoms with E-state index in [9.17, 15) is 13.2 Å². The Morgan fingerprint density at radius 2 is 1.82 bits per heavy atom. The number of nitrogens with zero attached hydrogens (tertiary/aromatic N) is 2. The van der Waals surface area contributed by atoms with Crippen LogP contribution in [0.1, 0.15) is 10.6 Å². The first kappa shape index (κ1) is 11.6. The van der Waals surface area contributed by atoms with Gasteiger partial charge in [-0.05, 0) is 12.1 Å². The number of alkyl halides is 3. The fraction of sp³-hybridized carbons (Fsp3) is 0.0909. The highest BCUT2D eigenvalue weighted by Gasteiger charge is 2.34. The molecular formula is C11H5F3N2S. The van der Waals surface area contributed by atoms with Crippen LogP contribution in [0.2, 0.25) is 0 Å². The van der Waals surface area contributed by atoms with Crippen LogP contribution in [0, 0.1) is 11.3 Å². The lowest BCUT2D eigenvalue weighted by Gasteiger charge is -2.00. The summed E-state index contributed by atoms with van der Waals surface area (Å²) in [6.45, 7) is 0. The Morgan fingerprint density at radius 3 is 2.29 bits per heavy atom. The van der Waals surface area contributed by atoms with Crippen LogP contribution in [0.25, 0.3) is 11.3 Å². The minimum absolute atomic E-state index is 0.270. The van der Waals surface area contributed by atoms with Gasteiger partial charge in [0.25, 0.3) is 0 Å². The average molecular weight is 254 g/mol. The molecule has 2 rings (SSSR count). The molecule has 0 N–H and O–H groups in total. The molecule has 0 spiro atoms. The van der Waals surface area contributed by atoms with E-state index in [0.717, 1.165) is 0 Å². The van der Waals surface area contributed by atoms with Gasteiger partial charge in [-0.1, -0.05) is 12.1 Å². The van der Waals surface area contributed by atoms with Gasteiger partial charge in [-0.3, -0.25) is 0 Å². The van der Waals surface area contributed by atoms with Crippen LogP contribution in [-0.2, 0) is 6.18 Å². The smallest absolute Gasteiger partial charge is 0.232 e. The van der Waals surface area contributed by atoms with Crippen molar-refractivity contribution < 1.29 is 13.2 Å². The second kappa shape index (κ2) is 4.18. The molecule has 2 nitrogen and oxygen atoms in total. The van der Waals surface area contributed by atoms with Gasteiger partial charge < -0.3 is 0 Å². The van der Waals surface area contributed by atoms with Gasteiger partial charge in [-0.15, -0.1) is 11.3 Å². The van der Waals surface area contributed by atoms with Crippen molar-refractivity contribution in [1.82, 2.24) is 4.98 Å². The fourth-order valence-corrected chi connectivity index (χ4v) is 1.95. The van der Waals surface area contributed by atoms with Crippen LogP contribution in [0.3, 0.4) is 0 Å². The zero-order chi connectivity index (χ0) is 12.5. The van der Waals surface area contributed by atoms with Crippen LogP contribution in [0.5, 0.6) is 0 Å². The predicted octanol–water partition coefficient (Wildman–Crippen LogP) is 3.70. The largest absolute Gasteiger partial charge is 0.443 e. The highest BCUT2D eigenvalue weighted by atomic mass is 32.1. The molecule has 0 aliphatic heterocycles. The third kappa shape index (κ3) is 2.45. The lowest BCUT2D eigenvalue weighted by atomic mass is 10.1. The summed E-state index contributed by atoms with van der Waals surface area (Å²) in [6, 6.07) is 8.18. The van der Waals surface area contributed by atoms with E-state index in [1.165, 1.54) is 5.38 Å². The minimum Gasteiger partial charge on any atom is -0.232 e. The number of hydrogen-bond acceptors (Lipinski definition) is 3. The van der Waals surface area contributed by atoms with Crippen molar-refractivity contribution in [2.24, 2.45) is 0 Å². The molecule has 1 heterocycles. The van der Waals surface area contributed by atoms with Crippen molar-refractivity contribution in [3.63, 3.8) is 0 Å². The average Bonchev–Trinajstić information content (AvgIpc) is 2.78. The first-order valence-electron chi connectivity index (χ1n) is 4.54. The van der Waals surface area contributed by atoms with Crippen molar-refractivity contribution in [3.8, 4) is 17.3 Å². The number of thiazole rings is 1. The van der Waals surface area contributed by atoms with Crippen LogP contribution < -0.4 is 0 Å². The molecular weight excluding hydrogens is 249 g/mol. The first-order chi connectivity index (χ1) is 8.00. The van der Waals surface area contributed by atoms with Gasteiger partial charge in [0.05, 0.1) is 17.3 Å². The molecule has 0 saturated carbocycles. The Morgan fingerprint density at radius 1 is 1.18 bits per heavy atom. The number of aromatic nitrogens is 1. The van der Waals surface area contributed by atoms with E-state index in [0.29, 0.717) is 22.5 Å². The Balaban J connectivity index is 2.34. The molecule has 0 radical (unpaired) electrons. The summed E-state index contributed by atoms with van der Waals surface area (Å²) in [5.74, 6) is 0. The molecule has 0 aliphatic carbocycles. The molecule has 0 atom stereocenters. The Kier molecular flexibility index (Phi) is 2.86. The Labute approximate surface area is 99.0 Å². The van der Waals surface area contributed by atoms with Crippen LogP contribution in [0.15, 0.2) is 29.6 Å². The molecule has 0 saturated heterocycles. The molecule has 17 heavy (non-hydrogen) atoms. The van der Waals surface area contributed by atoms with E-state index in [1.807, 2.05) is 6.07 Å². The second-order valence-corrected chi connectivity index (χ2v) is 4.08. The molecule has 0 bridgehead atoms. The number of halogens is 3. The topological polar surface area (TPSA) is 36.7 Å². The SMILES string of the molecule is N#Cc1ccc(-c2csc(C(F)(F)F)n2)cc1. The molecule has 0 amide bonds.